The maximum Gasteiger partial charge on any atom is 0.196 e. The molecule has 0 bridgehead atoms. The molecule has 128 valence electrons. The van der Waals surface area contributed by atoms with Crippen molar-refractivity contribution < 1.29 is 4.79 Å². The first-order valence-corrected chi connectivity index (χ1v) is 8.53. The second-order valence-corrected chi connectivity index (χ2v) is 6.40. The lowest BCUT2D eigenvalue weighted by molar-refractivity contribution is -0.116. The highest BCUT2D eigenvalue weighted by atomic mass is 35.5. The fraction of sp³-hybridized carbons (Fsp3) is 0.294. The van der Waals surface area contributed by atoms with Crippen molar-refractivity contribution in [3.63, 3.8) is 0 Å². The predicted octanol–water partition coefficient (Wildman–Crippen LogP) is 2.26. The van der Waals surface area contributed by atoms with Gasteiger partial charge in [0.15, 0.2) is 11.7 Å². The number of Topliss-reactive ketones (excluding diaryl/α,β-unsaturated/α-hetero) is 1. The average Bonchev–Trinajstić information content (AvgIpc) is 3.06. The van der Waals surface area contributed by atoms with E-state index >= 15 is 0 Å². The number of aromatic amines is 1. The molecule has 0 fully saturated rings. The van der Waals surface area contributed by atoms with Crippen LogP contribution in [0, 0.1) is 0 Å². The Labute approximate surface area is 149 Å². The number of hydrogen-bond acceptors (Lipinski definition) is 4. The van der Waals surface area contributed by atoms with Gasteiger partial charge in [0.25, 0.3) is 0 Å². The van der Waals surface area contributed by atoms with E-state index in [1.165, 1.54) is 0 Å². The lowest BCUT2D eigenvalue weighted by Gasteiger charge is -2.33. The van der Waals surface area contributed by atoms with Gasteiger partial charge in [0, 0.05) is 23.9 Å². The summed E-state index contributed by atoms with van der Waals surface area (Å²) in [6, 6.07) is 5.35. The van der Waals surface area contributed by atoms with Crippen molar-refractivity contribution in [1.29, 1.82) is 0 Å². The number of halogens is 1. The van der Waals surface area contributed by atoms with E-state index in [0.717, 1.165) is 24.2 Å². The zero-order chi connectivity index (χ0) is 17.2. The number of guanidine groups is 1. The van der Waals surface area contributed by atoms with Gasteiger partial charge in [-0.25, -0.2) is 4.99 Å². The third-order valence-electron chi connectivity index (χ3n) is 4.33. The number of carbonyl (C=O) groups is 1. The highest BCUT2D eigenvalue weighted by molar-refractivity contribution is 6.31. The standard InChI is InChI=1S/C17H17ClN6O/c18-11-9-21-24-15(11)16-14-12(5-3-6-13(14)25)22-17(23-16)20-8-10-4-1-2-7-19-10/h1-2,4,7,9,16H,3,5-6,8H2,(H,21,24)(H2,20,22,23). The lowest BCUT2D eigenvalue weighted by Crippen LogP contribution is -2.48. The zero-order valence-electron chi connectivity index (χ0n) is 13.4. The second kappa shape index (κ2) is 6.68. The van der Waals surface area contributed by atoms with Crippen molar-refractivity contribution in [1.82, 2.24) is 25.8 Å². The van der Waals surface area contributed by atoms with Gasteiger partial charge in [0.2, 0.25) is 0 Å². The number of aromatic nitrogens is 3. The third-order valence-corrected chi connectivity index (χ3v) is 4.63. The number of rotatable bonds is 3. The molecule has 0 amide bonds. The molecular weight excluding hydrogens is 340 g/mol. The Bertz CT molecular complexity index is 857. The first-order chi connectivity index (χ1) is 12.2. The Morgan fingerprint density at radius 3 is 3.00 bits per heavy atom. The fourth-order valence-electron chi connectivity index (χ4n) is 3.15. The van der Waals surface area contributed by atoms with Gasteiger partial charge >= 0.3 is 0 Å². The Morgan fingerprint density at radius 1 is 1.32 bits per heavy atom. The molecule has 2 aromatic rings. The summed E-state index contributed by atoms with van der Waals surface area (Å²) < 4.78 is 0. The molecule has 7 nitrogen and oxygen atoms in total. The number of hydrogen-bond donors (Lipinski definition) is 3. The second-order valence-electron chi connectivity index (χ2n) is 5.99. The van der Waals surface area contributed by atoms with E-state index in [2.05, 4.69) is 30.8 Å². The van der Waals surface area contributed by atoms with Crippen molar-refractivity contribution >= 4 is 23.3 Å². The minimum atomic E-state index is -0.374. The maximum absolute atomic E-state index is 12.5. The van der Waals surface area contributed by atoms with Gasteiger partial charge in [0.1, 0.15) is 6.04 Å². The summed E-state index contributed by atoms with van der Waals surface area (Å²) in [6.07, 6.45) is 5.48. The van der Waals surface area contributed by atoms with Gasteiger partial charge in [-0.1, -0.05) is 17.7 Å². The van der Waals surface area contributed by atoms with Crippen LogP contribution in [0.4, 0.5) is 0 Å². The van der Waals surface area contributed by atoms with Crippen LogP contribution in [-0.2, 0) is 11.3 Å². The number of allylic oxidation sites excluding steroid dienone is 1. The van der Waals surface area contributed by atoms with Crippen LogP contribution in [0.3, 0.4) is 0 Å². The van der Waals surface area contributed by atoms with Crippen LogP contribution in [0.2, 0.25) is 5.02 Å². The molecule has 3 N–H and O–H groups in total. The summed E-state index contributed by atoms with van der Waals surface area (Å²) >= 11 is 6.23. The molecule has 1 unspecified atom stereocenters. The summed E-state index contributed by atoms with van der Waals surface area (Å²) in [5, 5.41) is 13.9. The monoisotopic (exact) mass is 356 g/mol. The maximum atomic E-state index is 12.5. The summed E-state index contributed by atoms with van der Waals surface area (Å²) in [6.45, 7) is 0.441. The topological polar surface area (TPSA) is 95.1 Å². The van der Waals surface area contributed by atoms with Gasteiger partial charge in [-0.2, -0.15) is 5.10 Å². The lowest BCUT2D eigenvalue weighted by atomic mass is 9.87. The Morgan fingerprint density at radius 2 is 2.24 bits per heavy atom. The molecule has 25 heavy (non-hydrogen) atoms. The molecule has 4 rings (SSSR count). The molecule has 1 aliphatic carbocycles. The number of ketones is 1. The molecule has 0 radical (unpaired) electrons. The molecule has 8 heteroatoms. The van der Waals surface area contributed by atoms with Gasteiger partial charge < -0.3 is 10.6 Å². The van der Waals surface area contributed by atoms with Crippen LogP contribution in [-0.4, -0.2) is 26.9 Å². The van der Waals surface area contributed by atoms with Crippen LogP contribution in [0.1, 0.15) is 36.7 Å². The number of aliphatic imine (C=N–C) groups is 1. The Hall–Kier alpha value is -2.67. The van der Waals surface area contributed by atoms with Gasteiger partial charge in [-0.05, 0) is 25.0 Å². The molecule has 2 aromatic heterocycles. The number of carbonyl (C=O) groups excluding carboxylic acids is 1. The number of nitrogens with one attached hydrogen (secondary N) is 3. The Balaban J connectivity index is 1.67. The minimum Gasteiger partial charge on any atom is -0.343 e. The minimum absolute atomic E-state index is 0.126. The normalized spacial score (nSPS) is 21.7. The largest absolute Gasteiger partial charge is 0.343 e. The molecule has 1 aliphatic heterocycles. The smallest absolute Gasteiger partial charge is 0.196 e. The summed E-state index contributed by atoms with van der Waals surface area (Å²) in [5.74, 6) is 0.732. The molecule has 0 spiro atoms. The average molecular weight is 357 g/mol. The summed E-state index contributed by atoms with van der Waals surface area (Å²) in [4.78, 5) is 21.3. The molecule has 3 heterocycles. The first-order valence-electron chi connectivity index (χ1n) is 8.15. The molecule has 0 saturated heterocycles. The molecule has 2 aliphatic rings. The van der Waals surface area contributed by atoms with Crippen LogP contribution in [0.25, 0.3) is 0 Å². The van der Waals surface area contributed by atoms with Crippen LogP contribution < -0.4 is 10.6 Å². The van der Waals surface area contributed by atoms with E-state index in [0.29, 0.717) is 35.2 Å². The van der Waals surface area contributed by atoms with Crippen molar-refractivity contribution in [2.24, 2.45) is 4.99 Å². The van der Waals surface area contributed by atoms with E-state index in [1.807, 2.05) is 18.2 Å². The van der Waals surface area contributed by atoms with Crippen LogP contribution in [0.5, 0.6) is 0 Å². The van der Waals surface area contributed by atoms with Gasteiger partial charge in [-0.3, -0.25) is 14.9 Å². The SMILES string of the molecule is O=C1CCCC2=C1C(c1[nH]ncc1Cl)NC(=NCc1ccccn1)N2. The quantitative estimate of drug-likeness (QED) is 0.784. The van der Waals surface area contributed by atoms with Crippen LogP contribution >= 0.6 is 11.6 Å². The number of pyridine rings is 1. The number of H-pyrrole nitrogens is 1. The van der Waals surface area contributed by atoms with Crippen LogP contribution in [0.15, 0.2) is 46.9 Å². The summed E-state index contributed by atoms with van der Waals surface area (Å²) in [7, 11) is 0. The summed E-state index contributed by atoms with van der Waals surface area (Å²) in [5.41, 5.74) is 3.17. The first kappa shape index (κ1) is 15.8. The highest BCUT2D eigenvalue weighted by Crippen LogP contribution is 2.34. The molecule has 1 atom stereocenters. The van der Waals surface area contributed by atoms with E-state index < -0.39 is 0 Å². The van der Waals surface area contributed by atoms with Crippen molar-refractivity contribution in [3.05, 3.63) is 58.3 Å². The predicted molar refractivity (Wildman–Crippen MR) is 93.9 cm³/mol. The van der Waals surface area contributed by atoms with E-state index in [-0.39, 0.29) is 11.8 Å². The molecular formula is C17H17ClN6O. The highest BCUT2D eigenvalue weighted by Gasteiger charge is 2.35. The Kier molecular flexibility index (Phi) is 4.23. The molecule has 0 saturated carbocycles. The fourth-order valence-corrected chi connectivity index (χ4v) is 3.35. The van der Waals surface area contributed by atoms with Gasteiger partial charge in [-0.15, -0.1) is 0 Å². The van der Waals surface area contributed by atoms with E-state index in [1.54, 1.807) is 12.4 Å². The van der Waals surface area contributed by atoms with Crippen molar-refractivity contribution in [2.45, 2.75) is 31.8 Å². The van der Waals surface area contributed by atoms with E-state index in [9.17, 15) is 4.79 Å². The van der Waals surface area contributed by atoms with Crippen molar-refractivity contribution in [2.75, 3.05) is 0 Å². The number of nitrogens with zero attached hydrogens (tertiary/aromatic N) is 3. The van der Waals surface area contributed by atoms with Gasteiger partial charge in [0.05, 0.1) is 29.2 Å². The van der Waals surface area contributed by atoms with E-state index in [4.69, 9.17) is 11.6 Å². The third kappa shape index (κ3) is 3.15. The zero-order valence-corrected chi connectivity index (χ0v) is 14.2. The molecule has 0 aromatic carbocycles. The van der Waals surface area contributed by atoms with Crippen molar-refractivity contribution in [3.8, 4) is 0 Å².